The molecule has 0 saturated heterocycles. The zero-order valence-corrected chi connectivity index (χ0v) is 21.3. The summed E-state index contributed by atoms with van der Waals surface area (Å²) in [5.74, 6) is -3.88. The molecule has 0 bridgehead atoms. The standard InChI is InChI=1S/C25H34N3O7P/c1-17(2)15-20(27-22(36(33,34)35)14-13-18-9-5-3-6-10-18)23(29)28(25(26)32)21(24(30)31)16-19-11-7-4-8-12-19/h3-12,17,20-22,27H,13-16H2,1-2H3,(H2,26,32)(H,30,31)(H2,33,34,35)/t20-,21-,22?/m0/s1. The van der Waals surface area contributed by atoms with Gasteiger partial charge in [0, 0.05) is 6.42 Å². The maximum atomic E-state index is 13.5. The Morgan fingerprint density at radius 2 is 1.50 bits per heavy atom. The number of urea groups is 1. The fourth-order valence-electron chi connectivity index (χ4n) is 3.95. The lowest BCUT2D eigenvalue weighted by atomic mass is 9.99. The van der Waals surface area contributed by atoms with Crippen molar-refractivity contribution in [1.29, 1.82) is 0 Å². The Hall–Kier alpha value is -3.04. The number of carboxylic acids is 1. The molecule has 196 valence electrons. The molecule has 0 fully saturated rings. The van der Waals surface area contributed by atoms with Crippen molar-refractivity contribution < 1.29 is 33.8 Å². The molecule has 2 aromatic carbocycles. The van der Waals surface area contributed by atoms with Gasteiger partial charge in [0.1, 0.15) is 11.8 Å². The summed E-state index contributed by atoms with van der Waals surface area (Å²) < 4.78 is 12.3. The average molecular weight is 520 g/mol. The lowest BCUT2D eigenvalue weighted by Crippen LogP contribution is -2.59. The lowest BCUT2D eigenvalue weighted by molar-refractivity contribution is -0.148. The molecule has 2 aromatic rings. The normalized spacial score (nSPS) is 14.1. The molecule has 1 unspecified atom stereocenters. The Labute approximate surface area is 210 Å². The fourth-order valence-corrected chi connectivity index (χ4v) is 4.79. The number of hydrogen-bond acceptors (Lipinski definition) is 5. The number of nitrogens with one attached hydrogen (secondary N) is 1. The third kappa shape index (κ3) is 8.87. The van der Waals surface area contributed by atoms with Crippen LogP contribution < -0.4 is 11.1 Å². The fraction of sp³-hybridized carbons (Fsp3) is 0.400. The van der Waals surface area contributed by atoms with Crippen LogP contribution in [0.25, 0.3) is 0 Å². The summed E-state index contributed by atoms with van der Waals surface area (Å²) in [7, 11) is -4.72. The third-order valence-corrected chi connectivity index (χ3v) is 6.92. The van der Waals surface area contributed by atoms with Crippen LogP contribution in [0, 0.1) is 5.92 Å². The summed E-state index contributed by atoms with van der Waals surface area (Å²) >= 11 is 0. The molecule has 0 heterocycles. The van der Waals surface area contributed by atoms with E-state index in [1.165, 1.54) is 0 Å². The van der Waals surface area contributed by atoms with Crippen molar-refractivity contribution in [1.82, 2.24) is 10.2 Å². The Balaban J connectivity index is 2.34. The number of carbonyl (C=O) groups excluding carboxylic acids is 2. The molecule has 3 atom stereocenters. The number of primary amides is 1. The molecule has 10 nitrogen and oxygen atoms in total. The summed E-state index contributed by atoms with van der Waals surface area (Å²) in [6.07, 6.45) is 0.272. The Morgan fingerprint density at radius 3 is 1.94 bits per heavy atom. The van der Waals surface area contributed by atoms with Crippen molar-refractivity contribution in [2.24, 2.45) is 11.7 Å². The summed E-state index contributed by atoms with van der Waals surface area (Å²) in [5, 5.41) is 12.6. The minimum Gasteiger partial charge on any atom is -0.480 e. The van der Waals surface area contributed by atoms with E-state index in [9.17, 15) is 33.8 Å². The molecular weight excluding hydrogens is 485 g/mol. The molecule has 0 aliphatic heterocycles. The van der Waals surface area contributed by atoms with Crippen LogP contribution in [0.1, 0.15) is 37.8 Å². The molecule has 6 N–H and O–H groups in total. The number of carbonyl (C=O) groups is 3. The van der Waals surface area contributed by atoms with Gasteiger partial charge in [0.05, 0.1) is 6.04 Å². The first-order valence-corrected chi connectivity index (χ1v) is 13.3. The van der Waals surface area contributed by atoms with Crippen LogP contribution in [0.15, 0.2) is 60.7 Å². The van der Waals surface area contributed by atoms with Gasteiger partial charge in [0.25, 0.3) is 0 Å². The van der Waals surface area contributed by atoms with E-state index in [2.05, 4.69) is 5.32 Å². The van der Waals surface area contributed by atoms with Crippen molar-refractivity contribution in [2.75, 3.05) is 0 Å². The van der Waals surface area contributed by atoms with Crippen molar-refractivity contribution >= 4 is 25.5 Å². The van der Waals surface area contributed by atoms with Gasteiger partial charge in [-0.2, -0.15) is 0 Å². The van der Waals surface area contributed by atoms with Gasteiger partial charge >= 0.3 is 19.6 Å². The van der Waals surface area contributed by atoms with Gasteiger partial charge in [-0.15, -0.1) is 0 Å². The Kier molecular flexibility index (Phi) is 10.8. The van der Waals surface area contributed by atoms with Crippen molar-refractivity contribution in [2.45, 2.75) is 57.4 Å². The molecule has 0 saturated carbocycles. The average Bonchev–Trinajstić information content (AvgIpc) is 2.80. The minimum atomic E-state index is -4.72. The van der Waals surface area contributed by atoms with E-state index in [0.29, 0.717) is 16.9 Å². The highest BCUT2D eigenvalue weighted by Crippen LogP contribution is 2.42. The predicted octanol–water partition coefficient (Wildman–Crippen LogP) is 2.73. The van der Waals surface area contributed by atoms with Gasteiger partial charge in [-0.1, -0.05) is 74.5 Å². The highest BCUT2D eigenvalue weighted by Gasteiger charge is 2.40. The first-order chi connectivity index (χ1) is 16.9. The molecule has 0 spiro atoms. The highest BCUT2D eigenvalue weighted by molar-refractivity contribution is 7.52. The molecule has 2 rings (SSSR count). The number of nitrogens with zero attached hydrogens (tertiary/aromatic N) is 1. The van der Waals surface area contributed by atoms with Crippen LogP contribution in [0.4, 0.5) is 4.79 Å². The molecule has 36 heavy (non-hydrogen) atoms. The van der Waals surface area contributed by atoms with E-state index < -0.39 is 43.4 Å². The zero-order chi connectivity index (χ0) is 26.9. The van der Waals surface area contributed by atoms with Gasteiger partial charge < -0.3 is 20.6 Å². The highest BCUT2D eigenvalue weighted by atomic mass is 31.2. The second kappa shape index (κ2) is 13.3. The summed E-state index contributed by atoms with van der Waals surface area (Å²) in [5.41, 5.74) is 6.91. The molecule has 0 radical (unpaired) electrons. The predicted molar refractivity (Wildman–Crippen MR) is 135 cm³/mol. The van der Waals surface area contributed by atoms with Gasteiger partial charge in [-0.05, 0) is 36.3 Å². The quantitative estimate of drug-likeness (QED) is 0.252. The number of carboxylic acid groups (broad SMARTS) is 1. The Bertz CT molecular complexity index is 1060. The number of aliphatic carboxylic acids is 1. The Morgan fingerprint density at radius 1 is 0.972 bits per heavy atom. The van der Waals surface area contributed by atoms with E-state index in [1.807, 2.05) is 30.3 Å². The number of rotatable bonds is 13. The lowest BCUT2D eigenvalue weighted by Gasteiger charge is -2.32. The maximum absolute atomic E-state index is 13.5. The molecule has 0 aromatic heterocycles. The second-order valence-electron chi connectivity index (χ2n) is 9.07. The maximum Gasteiger partial charge on any atom is 0.342 e. The molecule has 0 aliphatic carbocycles. The van der Waals surface area contributed by atoms with E-state index >= 15 is 0 Å². The number of amides is 3. The van der Waals surface area contributed by atoms with Crippen LogP contribution in [0.3, 0.4) is 0 Å². The molecule has 11 heteroatoms. The van der Waals surface area contributed by atoms with Gasteiger partial charge in [0.2, 0.25) is 5.91 Å². The van der Waals surface area contributed by atoms with E-state index in [0.717, 1.165) is 5.56 Å². The smallest absolute Gasteiger partial charge is 0.342 e. The van der Waals surface area contributed by atoms with Crippen molar-refractivity contribution in [3.8, 4) is 0 Å². The van der Waals surface area contributed by atoms with Gasteiger partial charge in [-0.3, -0.25) is 14.7 Å². The van der Waals surface area contributed by atoms with E-state index in [1.54, 1.807) is 44.2 Å². The van der Waals surface area contributed by atoms with Gasteiger partial charge in [0.15, 0.2) is 0 Å². The first kappa shape index (κ1) is 29.2. The van der Waals surface area contributed by atoms with Crippen molar-refractivity contribution in [3.63, 3.8) is 0 Å². The number of benzene rings is 2. The number of hydrogen-bond donors (Lipinski definition) is 5. The summed E-state index contributed by atoms with van der Waals surface area (Å²) in [6.45, 7) is 3.59. The number of aryl methyl sites for hydroxylation is 1. The van der Waals surface area contributed by atoms with Crippen LogP contribution in [0.5, 0.6) is 0 Å². The van der Waals surface area contributed by atoms with Crippen LogP contribution in [0.2, 0.25) is 0 Å². The molecular formula is C25H34N3O7P. The molecule has 0 aliphatic rings. The van der Waals surface area contributed by atoms with Crippen LogP contribution in [-0.2, 0) is 27.0 Å². The SMILES string of the molecule is CC(C)C[C@H](NC(CCc1ccccc1)P(=O)(O)O)C(=O)N(C(N)=O)[C@@H](Cc1ccccc1)C(=O)O. The van der Waals surface area contributed by atoms with Crippen molar-refractivity contribution in [3.05, 3.63) is 71.8 Å². The van der Waals surface area contributed by atoms with E-state index in [-0.39, 0.29) is 25.2 Å². The van der Waals surface area contributed by atoms with Crippen LogP contribution in [-0.4, -0.2) is 55.6 Å². The van der Waals surface area contributed by atoms with Crippen LogP contribution >= 0.6 is 7.60 Å². The minimum absolute atomic E-state index is 0.0130. The summed E-state index contributed by atoms with van der Waals surface area (Å²) in [6, 6.07) is 13.5. The van der Waals surface area contributed by atoms with E-state index in [4.69, 9.17) is 5.73 Å². The third-order valence-electron chi connectivity index (χ3n) is 5.70. The largest absolute Gasteiger partial charge is 0.480 e. The first-order valence-electron chi connectivity index (χ1n) is 11.6. The molecule has 3 amide bonds. The number of imide groups is 1. The van der Waals surface area contributed by atoms with Gasteiger partial charge in [-0.25, -0.2) is 14.5 Å². The zero-order valence-electron chi connectivity index (χ0n) is 20.4. The summed E-state index contributed by atoms with van der Waals surface area (Å²) in [4.78, 5) is 58.4. The second-order valence-corrected chi connectivity index (χ2v) is 10.9. The topological polar surface area (TPSA) is 170 Å². The monoisotopic (exact) mass is 519 g/mol. The number of nitrogens with two attached hydrogens (primary N) is 1.